The molecule has 54 heavy (non-hydrogen) atoms. The lowest BCUT2D eigenvalue weighted by Crippen LogP contribution is -2.30. The third-order valence-electron chi connectivity index (χ3n) is 8.46. The number of thioether (sulfide) groups is 1. The van der Waals surface area contributed by atoms with Crippen molar-refractivity contribution < 1.29 is 19.1 Å². The lowest BCUT2D eigenvalue weighted by atomic mass is 10.0. The Labute approximate surface area is 320 Å². The van der Waals surface area contributed by atoms with Crippen LogP contribution in [0.5, 0.6) is 5.75 Å². The zero-order valence-electron chi connectivity index (χ0n) is 29.1. The highest BCUT2D eigenvalue weighted by Gasteiger charge is 2.24. The second kappa shape index (κ2) is 16.9. The predicted octanol–water partition coefficient (Wildman–Crippen LogP) is 9.85. The molecule has 0 aliphatic heterocycles. The van der Waals surface area contributed by atoms with Crippen LogP contribution in [0.4, 0.5) is 10.8 Å². The van der Waals surface area contributed by atoms with Gasteiger partial charge >= 0.3 is 0 Å². The number of hydrogen-bond acceptors (Lipinski definition) is 7. The van der Waals surface area contributed by atoms with Gasteiger partial charge in [0.15, 0.2) is 5.13 Å². The summed E-state index contributed by atoms with van der Waals surface area (Å²) in [4.78, 5) is 46.3. The third kappa shape index (κ3) is 8.75. The van der Waals surface area contributed by atoms with E-state index in [1.54, 1.807) is 49.6 Å². The van der Waals surface area contributed by atoms with Gasteiger partial charge < -0.3 is 20.7 Å². The van der Waals surface area contributed by atoms with Crippen LogP contribution in [0.15, 0.2) is 168 Å². The summed E-state index contributed by atoms with van der Waals surface area (Å²) in [7, 11) is 1.62. The molecule has 0 saturated heterocycles. The van der Waals surface area contributed by atoms with Crippen LogP contribution in [0.2, 0.25) is 0 Å². The van der Waals surface area contributed by atoms with E-state index in [0.717, 1.165) is 43.8 Å². The molecular weight excluding hydrogens is 713 g/mol. The van der Waals surface area contributed by atoms with Crippen LogP contribution in [0.3, 0.4) is 0 Å². The fraction of sp³-hybridized carbons (Fsp3) is 0.0455. The number of ether oxygens (including phenoxy) is 1. The van der Waals surface area contributed by atoms with Crippen molar-refractivity contribution in [3.63, 3.8) is 0 Å². The third-order valence-corrected chi connectivity index (χ3v) is 10.5. The van der Waals surface area contributed by atoms with E-state index in [4.69, 9.17) is 4.74 Å². The molecule has 0 aliphatic carbocycles. The van der Waals surface area contributed by atoms with E-state index in [1.807, 2.05) is 121 Å². The summed E-state index contributed by atoms with van der Waals surface area (Å²) < 4.78 is 5.35. The molecule has 1 atom stereocenters. The number of nitrogens with zero attached hydrogens (tertiary/aromatic N) is 1. The Morgan fingerprint density at radius 1 is 0.759 bits per heavy atom. The summed E-state index contributed by atoms with van der Waals surface area (Å²) in [6.45, 7) is 0. The topological polar surface area (TPSA) is 109 Å². The normalized spacial score (nSPS) is 11.8. The van der Waals surface area contributed by atoms with Crippen molar-refractivity contribution >= 4 is 68.5 Å². The van der Waals surface area contributed by atoms with Crippen molar-refractivity contribution in [3.8, 4) is 17.0 Å². The molecule has 266 valence electrons. The van der Waals surface area contributed by atoms with Crippen LogP contribution in [0, 0.1) is 0 Å². The molecule has 0 aliphatic rings. The maximum atomic E-state index is 13.8. The molecule has 10 heteroatoms. The van der Waals surface area contributed by atoms with Gasteiger partial charge in [-0.2, -0.15) is 0 Å². The smallest absolute Gasteiger partial charge is 0.272 e. The van der Waals surface area contributed by atoms with Gasteiger partial charge in [0.1, 0.15) is 16.7 Å². The lowest BCUT2D eigenvalue weighted by Gasteiger charge is -2.17. The van der Waals surface area contributed by atoms with E-state index in [0.29, 0.717) is 16.4 Å². The molecule has 1 heterocycles. The first kappa shape index (κ1) is 35.9. The minimum absolute atomic E-state index is 0.0937. The molecular formula is C44H34N4O4S2. The van der Waals surface area contributed by atoms with Crippen molar-refractivity contribution in [1.29, 1.82) is 0 Å². The average molecular weight is 747 g/mol. The number of aromatic nitrogens is 1. The van der Waals surface area contributed by atoms with E-state index in [9.17, 15) is 14.4 Å². The Morgan fingerprint density at radius 2 is 1.46 bits per heavy atom. The molecule has 0 fully saturated rings. The summed E-state index contributed by atoms with van der Waals surface area (Å²) in [6.07, 6.45) is 1.69. The van der Waals surface area contributed by atoms with Gasteiger partial charge in [0.05, 0.1) is 12.8 Å². The molecule has 1 aromatic heterocycles. The van der Waals surface area contributed by atoms with Crippen LogP contribution in [-0.2, 0) is 9.59 Å². The maximum absolute atomic E-state index is 13.8. The fourth-order valence-electron chi connectivity index (χ4n) is 5.74. The quantitative estimate of drug-likeness (QED) is 0.0849. The van der Waals surface area contributed by atoms with Gasteiger partial charge in [-0.25, -0.2) is 4.98 Å². The predicted molar refractivity (Wildman–Crippen MR) is 219 cm³/mol. The molecule has 6 aromatic carbocycles. The van der Waals surface area contributed by atoms with Gasteiger partial charge in [-0.15, -0.1) is 23.1 Å². The number of anilines is 2. The summed E-state index contributed by atoms with van der Waals surface area (Å²) in [5.41, 5.74) is 4.30. The second-order valence-corrected chi connectivity index (χ2v) is 14.1. The first-order chi connectivity index (χ1) is 26.4. The second-order valence-electron chi connectivity index (χ2n) is 12.1. The number of carbonyl (C=O) groups is 3. The average Bonchev–Trinajstić information content (AvgIpc) is 3.69. The maximum Gasteiger partial charge on any atom is 0.272 e. The number of benzene rings is 6. The molecule has 8 nitrogen and oxygen atoms in total. The zero-order valence-corrected chi connectivity index (χ0v) is 30.7. The highest BCUT2D eigenvalue weighted by molar-refractivity contribution is 8.00. The number of rotatable bonds is 12. The van der Waals surface area contributed by atoms with Crippen molar-refractivity contribution in [2.45, 2.75) is 10.1 Å². The van der Waals surface area contributed by atoms with Crippen LogP contribution < -0.4 is 20.7 Å². The van der Waals surface area contributed by atoms with Crippen molar-refractivity contribution in [2.24, 2.45) is 0 Å². The SMILES string of the molecule is COc1cccc(-c2csc(NC(=O)C(Sc3ccc(NC(=O)/C(=C/c4cccc5ccccc45)NC(=O)c4ccccc4)cc3)c3ccccc3)n2)c1. The summed E-state index contributed by atoms with van der Waals surface area (Å²) in [6, 6.07) is 46.9. The minimum atomic E-state index is -0.584. The number of methoxy groups -OCH3 is 1. The molecule has 3 amide bonds. The first-order valence-corrected chi connectivity index (χ1v) is 18.8. The van der Waals surface area contributed by atoms with Gasteiger partial charge in [-0.05, 0) is 76.5 Å². The molecule has 7 aromatic rings. The molecule has 0 saturated carbocycles. The van der Waals surface area contributed by atoms with Crippen LogP contribution in [0.25, 0.3) is 28.1 Å². The fourth-order valence-corrected chi connectivity index (χ4v) is 7.49. The standard InChI is InChI=1S/C44H34N4O4S2/c1-52-35-20-11-19-33(26-35)39-28-53-44(47-39)48-43(51)40(30-13-4-2-5-14-30)54-36-24-22-34(23-25-36)45-42(50)38(46-41(49)31-15-6-3-7-16-31)27-32-18-10-17-29-12-8-9-21-37(29)32/h2-28,40H,1H3,(H,45,50)(H,46,49)(H,47,48,51)/b38-27-. The molecule has 1 unspecified atom stereocenters. The molecule has 7 rings (SSSR count). The Morgan fingerprint density at radius 3 is 2.24 bits per heavy atom. The van der Waals surface area contributed by atoms with Crippen molar-refractivity contribution in [3.05, 3.63) is 179 Å². The molecule has 0 spiro atoms. The van der Waals surface area contributed by atoms with E-state index in [-0.39, 0.29) is 11.6 Å². The van der Waals surface area contributed by atoms with E-state index < -0.39 is 17.1 Å². The first-order valence-electron chi connectivity index (χ1n) is 17.0. The largest absolute Gasteiger partial charge is 0.497 e. The summed E-state index contributed by atoms with van der Waals surface area (Å²) >= 11 is 2.74. The Kier molecular flexibility index (Phi) is 11.2. The highest BCUT2D eigenvalue weighted by Crippen LogP contribution is 2.37. The van der Waals surface area contributed by atoms with Crippen LogP contribution in [0.1, 0.15) is 26.7 Å². The number of carbonyl (C=O) groups excluding carboxylic acids is 3. The number of nitrogens with one attached hydrogen (secondary N) is 3. The van der Waals surface area contributed by atoms with Crippen molar-refractivity contribution in [2.75, 3.05) is 17.7 Å². The Balaban J connectivity index is 1.09. The van der Waals surface area contributed by atoms with Crippen LogP contribution >= 0.6 is 23.1 Å². The number of amides is 3. The van der Waals surface area contributed by atoms with Crippen molar-refractivity contribution in [1.82, 2.24) is 10.3 Å². The van der Waals surface area contributed by atoms with Gasteiger partial charge in [-0.1, -0.05) is 103 Å². The minimum Gasteiger partial charge on any atom is -0.497 e. The highest BCUT2D eigenvalue weighted by atomic mass is 32.2. The van der Waals surface area contributed by atoms with E-state index >= 15 is 0 Å². The van der Waals surface area contributed by atoms with Gasteiger partial charge in [0.2, 0.25) is 5.91 Å². The van der Waals surface area contributed by atoms with Crippen LogP contribution in [-0.4, -0.2) is 29.8 Å². The number of hydrogen-bond donors (Lipinski definition) is 3. The molecule has 0 radical (unpaired) electrons. The van der Waals surface area contributed by atoms with E-state index in [1.165, 1.54) is 23.1 Å². The van der Waals surface area contributed by atoms with Gasteiger partial charge in [0, 0.05) is 27.1 Å². The zero-order chi connectivity index (χ0) is 37.3. The lowest BCUT2D eigenvalue weighted by molar-refractivity contribution is -0.116. The van der Waals surface area contributed by atoms with Gasteiger partial charge in [-0.3, -0.25) is 14.4 Å². The Hall–Kier alpha value is -6.49. The Bertz CT molecular complexity index is 2440. The molecule has 3 N–H and O–H groups in total. The number of thiazole rings is 1. The van der Waals surface area contributed by atoms with E-state index in [2.05, 4.69) is 20.9 Å². The molecule has 0 bridgehead atoms. The summed E-state index contributed by atoms with van der Waals surface area (Å²) in [5, 5.41) is 12.5. The monoisotopic (exact) mass is 746 g/mol. The van der Waals surface area contributed by atoms with Gasteiger partial charge in [0.25, 0.3) is 11.8 Å². The number of fused-ring (bicyclic) bond motifs is 1. The summed E-state index contributed by atoms with van der Waals surface area (Å²) in [5.74, 6) is -0.369.